The molecule has 2 amide bonds. The van der Waals surface area contributed by atoms with Gasteiger partial charge in [0, 0.05) is 30.2 Å². The predicted molar refractivity (Wildman–Crippen MR) is 95.6 cm³/mol. The minimum Gasteiger partial charge on any atom is -0.326 e. The Hall–Kier alpha value is -2.34. The molecule has 5 nitrogen and oxygen atoms in total. The molecule has 124 valence electrons. The maximum atomic E-state index is 12.8. The molecule has 0 bridgehead atoms. The van der Waals surface area contributed by atoms with Crippen molar-refractivity contribution in [2.45, 2.75) is 30.2 Å². The topological polar surface area (TPSA) is 62.3 Å². The summed E-state index contributed by atoms with van der Waals surface area (Å²) >= 11 is 1.46. The molecule has 1 aliphatic heterocycles. The first-order valence-corrected chi connectivity index (χ1v) is 8.62. The predicted octanol–water partition coefficient (Wildman–Crippen LogP) is 3.81. The molecule has 3 rings (SSSR count). The standard InChI is InChI=1S/C18H19N3O2S/c1-11(2)9-16(22)20-12-6-7-15-13(10-12)18(23)21(3)14-5-4-8-19-17(14)24-15/h4-8,10-11H,9H2,1-3H3,(H,20,22). The van der Waals surface area contributed by atoms with Crippen LogP contribution in [0.1, 0.15) is 30.6 Å². The molecule has 0 saturated carbocycles. The number of anilines is 2. The summed E-state index contributed by atoms with van der Waals surface area (Å²) in [7, 11) is 1.74. The van der Waals surface area contributed by atoms with Gasteiger partial charge in [0.2, 0.25) is 5.91 Å². The number of benzene rings is 1. The molecular formula is C18H19N3O2S. The number of amides is 2. The Balaban J connectivity index is 1.93. The van der Waals surface area contributed by atoms with Crippen molar-refractivity contribution in [2.75, 3.05) is 17.3 Å². The van der Waals surface area contributed by atoms with Gasteiger partial charge in [-0.3, -0.25) is 9.59 Å². The van der Waals surface area contributed by atoms with Crippen molar-refractivity contribution in [1.82, 2.24) is 4.98 Å². The number of carbonyl (C=O) groups is 2. The van der Waals surface area contributed by atoms with Crippen LogP contribution in [0, 0.1) is 5.92 Å². The maximum absolute atomic E-state index is 12.8. The minimum atomic E-state index is -0.107. The molecule has 1 N–H and O–H groups in total. The molecule has 1 aliphatic rings. The third-order valence-electron chi connectivity index (χ3n) is 3.71. The molecule has 1 aromatic heterocycles. The summed E-state index contributed by atoms with van der Waals surface area (Å²) in [6.45, 7) is 3.99. The molecule has 2 aromatic rings. The van der Waals surface area contributed by atoms with Crippen LogP contribution in [0.2, 0.25) is 0 Å². The number of hydrogen-bond donors (Lipinski definition) is 1. The van der Waals surface area contributed by atoms with E-state index < -0.39 is 0 Å². The molecule has 0 atom stereocenters. The first kappa shape index (κ1) is 16.5. The molecule has 0 saturated heterocycles. The van der Waals surface area contributed by atoms with E-state index in [2.05, 4.69) is 10.3 Å². The summed E-state index contributed by atoms with van der Waals surface area (Å²) < 4.78 is 0. The van der Waals surface area contributed by atoms with Crippen LogP contribution in [0.3, 0.4) is 0 Å². The van der Waals surface area contributed by atoms with Gasteiger partial charge in [-0.1, -0.05) is 25.6 Å². The molecule has 1 aromatic carbocycles. The number of pyridine rings is 1. The van der Waals surface area contributed by atoms with Crippen molar-refractivity contribution in [1.29, 1.82) is 0 Å². The highest BCUT2D eigenvalue weighted by atomic mass is 32.2. The van der Waals surface area contributed by atoms with E-state index >= 15 is 0 Å². The van der Waals surface area contributed by atoms with Crippen molar-refractivity contribution in [3.8, 4) is 0 Å². The molecule has 0 aliphatic carbocycles. The monoisotopic (exact) mass is 341 g/mol. The van der Waals surface area contributed by atoms with E-state index in [0.29, 0.717) is 17.7 Å². The third kappa shape index (κ3) is 3.28. The lowest BCUT2D eigenvalue weighted by Crippen LogP contribution is -2.26. The van der Waals surface area contributed by atoms with Crippen LogP contribution in [-0.4, -0.2) is 23.8 Å². The molecule has 2 heterocycles. The Labute approximate surface area is 145 Å². The summed E-state index contributed by atoms with van der Waals surface area (Å²) in [5.41, 5.74) is 2.00. The van der Waals surface area contributed by atoms with E-state index in [1.165, 1.54) is 11.8 Å². The second-order valence-electron chi connectivity index (χ2n) is 6.15. The van der Waals surface area contributed by atoms with Crippen molar-refractivity contribution < 1.29 is 9.59 Å². The van der Waals surface area contributed by atoms with Gasteiger partial charge in [-0.15, -0.1) is 0 Å². The number of nitrogens with one attached hydrogen (secondary N) is 1. The highest BCUT2D eigenvalue weighted by Crippen LogP contribution is 2.40. The lowest BCUT2D eigenvalue weighted by Gasteiger charge is -2.16. The fraction of sp³-hybridized carbons (Fsp3) is 0.278. The van der Waals surface area contributed by atoms with Gasteiger partial charge in [0.1, 0.15) is 5.03 Å². The van der Waals surface area contributed by atoms with E-state index in [9.17, 15) is 9.59 Å². The smallest absolute Gasteiger partial charge is 0.259 e. The first-order chi connectivity index (χ1) is 11.5. The van der Waals surface area contributed by atoms with Gasteiger partial charge >= 0.3 is 0 Å². The summed E-state index contributed by atoms with van der Waals surface area (Å²) in [5.74, 6) is 0.135. The number of fused-ring (bicyclic) bond motifs is 2. The van der Waals surface area contributed by atoms with Crippen molar-refractivity contribution in [3.63, 3.8) is 0 Å². The number of carbonyl (C=O) groups excluding carboxylic acids is 2. The lowest BCUT2D eigenvalue weighted by molar-refractivity contribution is -0.116. The second kappa shape index (κ2) is 6.65. The zero-order chi connectivity index (χ0) is 17.3. The van der Waals surface area contributed by atoms with Crippen molar-refractivity contribution >= 4 is 35.0 Å². The summed E-state index contributed by atoms with van der Waals surface area (Å²) in [6.07, 6.45) is 2.17. The van der Waals surface area contributed by atoms with Gasteiger partial charge in [0.05, 0.1) is 11.3 Å². The first-order valence-electron chi connectivity index (χ1n) is 7.80. The van der Waals surface area contributed by atoms with Gasteiger partial charge in [-0.25, -0.2) is 4.98 Å². The van der Waals surface area contributed by atoms with Crippen molar-refractivity contribution in [3.05, 3.63) is 42.1 Å². The average Bonchev–Trinajstić information content (AvgIpc) is 2.63. The van der Waals surface area contributed by atoms with Crippen LogP contribution in [0.5, 0.6) is 0 Å². The Bertz CT molecular complexity index is 805. The Morgan fingerprint density at radius 1 is 1.33 bits per heavy atom. The summed E-state index contributed by atoms with van der Waals surface area (Å²) in [4.78, 5) is 31.6. The Morgan fingerprint density at radius 2 is 2.12 bits per heavy atom. The molecule has 24 heavy (non-hydrogen) atoms. The number of aromatic nitrogens is 1. The van der Waals surface area contributed by atoms with Gasteiger partial charge in [0.15, 0.2) is 0 Å². The van der Waals surface area contributed by atoms with Crippen LogP contribution in [0.15, 0.2) is 46.5 Å². The summed E-state index contributed by atoms with van der Waals surface area (Å²) in [6, 6.07) is 9.12. The quantitative estimate of drug-likeness (QED) is 0.922. The van der Waals surface area contributed by atoms with Crippen LogP contribution in [0.25, 0.3) is 0 Å². The van der Waals surface area contributed by atoms with Crippen LogP contribution in [0.4, 0.5) is 11.4 Å². The second-order valence-corrected chi connectivity index (χ2v) is 7.18. The van der Waals surface area contributed by atoms with E-state index in [-0.39, 0.29) is 17.7 Å². The normalized spacial score (nSPS) is 13.3. The Morgan fingerprint density at radius 3 is 2.88 bits per heavy atom. The van der Waals surface area contributed by atoms with E-state index in [1.54, 1.807) is 24.2 Å². The van der Waals surface area contributed by atoms with E-state index in [0.717, 1.165) is 15.6 Å². The zero-order valence-electron chi connectivity index (χ0n) is 13.9. The van der Waals surface area contributed by atoms with E-state index in [1.807, 2.05) is 38.1 Å². The number of rotatable bonds is 3. The zero-order valence-corrected chi connectivity index (χ0v) is 14.7. The minimum absolute atomic E-state index is 0.0445. The van der Waals surface area contributed by atoms with Gasteiger partial charge < -0.3 is 10.2 Å². The number of nitrogens with zero attached hydrogens (tertiary/aromatic N) is 2. The highest BCUT2D eigenvalue weighted by Gasteiger charge is 2.25. The van der Waals surface area contributed by atoms with E-state index in [4.69, 9.17) is 0 Å². The molecule has 0 unspecified atom stereocenters. The summed E-state index contributed by atoms with van der Waals surface area (Å²) in [5, 5.41) is 3.66. The molecule has 0 fully saturated rings. The lowest BCUT2D eigenvalue weighted by atomic mass is 10.1. The molecule has 0 spiro atoms. The van der Waals surface area contributed by atoms with Gasteiger partial charge in [-0.05, 0) is 36.2 Å². The average molecular weight is 341 g/mol. The Kier molecular flexibility index (Phi) is 4.57. The number of hydrogen-bond acceptors (Lipinski definition) is 4. The maximum Gasteiger partial charge on any atom is 0.259 e. The highest BCUT2D eigenvalue weighted by molar-refractivity contribution is 7.99. The van der Waals surface area contributed by atoms with Crippen LogP contribution < -0.4 is 10.2 Å². The third-order valence-corrected chi connectivity index (χ3v) is 4.79. The fourth-order valence-electron chi connectivity index (χ4n) is 2.56. The molecule has 6 heteroatoms. The fourth-order valence-corrected chi connectivity index (χ4v) is 3.58. The SMILES string of the molecule is CC(C)CC(=O)Nc1ccc2c(c1)C(=O)N(C)c1cccnc1S2. The van der Waals surface area contributed by atoms with Crippen LogP contribution >= 0.6 is 11.8 Å². The van der Waals surface area contributed by atoms with Crippen molar-refractivity contribution in [2.24, 2.45) is 5.92 Å². The van der Waals surface area contributed by atoms with Gasteiger partial charge in [-0.2, -0.15) is 0 Å². The molecular weight excluding hydrogens is 322 g/mol. The van der Waals surface area contributed by atoms with Gasteiger partial charge in [0.25, 0.3) is 5.91 Å². The van der Waals surface area contributed by atoms with Crippen LogP contribution in [-0.2, 0) is 4.79 Å². The largest absolute Gasteiger partial charge is 0.326 e. The molecule has 0 radical (unpaired) electrons.